The molecule has 0 atom stereocenters. The van der Waals surface area contributed by atoms with Gasteiger partial charge in [0.1, 0.15) is 28.5 Å². The fourth-order valence-corrected chi connectivity index (χ4v) is 3.16. The number of nitrogens with zero attached hydrogens (tertiary/aromatic N) is 2. The third-order valence-corrected chi connectivity index (χ3v) is 4.83. The van der Waals surface area contributed by atoms with Gasteiger partial charge in [0.2, 0.25) is 0 Å². The van der Waals surface area contributed by atoms with Gasteiger partial charge in [-0.1, -0.05) is 24.3 Å². The van der Waals surface area contributed by atoms with Gasteiger partial charge in [-0.05, 0) is 45.3 Å². The monoisotopic (exact) mass is 444 g/mol. The molecule has 0 N–H and O–H groups in total. The maximum Gasteiger partial charge on any atom is 0.268 e. The van der Waals surface area contributed by atoms with E-state index in [4.69, 9.17) is 10.00 Å². The predicted octanol–water partition coefficient (Wildman–Crippen LogP) is 4.58. The summed E-state index contributed by atoms with van der Waals surface area (Å²) in [5, 5.41) is 8.81. The molecule has 0 saturated heterocycles. The summed E-state index contributed by atoms with van der Waals surface area (Å²) in [5.41, 5.74) is 1.66. The Morgan fingerprint density at radius 3 is 2.64 bits per heavy atom. The van der Waals surface area contributed by atoms with Gasteiger partial charge >= 0.3 is 0 Å². The van der Waals surface area contributed by atoms with Crippen LogP contribution in [-0.4, -0.2) is 4.57 Å². The van der Waals surface area contributed by atoms with Gasteiger partial charge < -0.3 is 9.30 Å². The van der Waals surface area contributed by atoms with Crippen LogP contribution in [0.15, 0.2) is 64.0 Å². The standard InChI is InChI=1S/C21H15BrF2N2O2/c22-20-19(28-13-16-4-5-17(23)11-18(16)24)7-9-26(21(20)27)12-15-3-1-2-14(10-15)6-8-25/h1-5,7,9-11H,6,12-13H2. The molecule has 1 aromatic heterocycles. The average Bonchev–Trinajstić information content (AvgIpc) is 2.67. The van der Waals surface area contributed by atoms with Crippen LogP contribution < -0.4 is 10.3 Å². The normalized spacial score (nSPS) is 10.5. The van der Waals surface area contributed by atoms with E-state index in [1.165, 1.54) is 10.6 Å². The van der Waals surface area contributed by atoms with Crippen LogP contribution in [0.5, 0.6) is 5.75 Å². The summed E-state index contributed by atoms with van der Waals surface area (Å²) in [6.45, 7) is 0.202. The third kappa shape index (κ3) is 4.65. The fraction of sp³-hybridized carbons (Fsp3) is 0.143. The van der Waals surface area contributed by atoms with Crippen molar-refractivity contribution >= 4 is 15.9 Å². The van der Waals surface area contributed by atoms with E-state index >= 15 is 0 Å². The molecule has 0 radical (unpaired) electrons. The molecule has 0 fully saturated rings. The summed E-state index contributed by atoms with van der Waals surface area (Å²) >= 11 is 3.23. The van der Waals surface area contributed by atoms with E-state index in [0.29, 0.717) is 13.0 Å². The van der Waals surface area contributed by atoms with Gasteiger partial charge in [0.15, 0.2) is 0 Å². The highest BCUT2D eigenvalue weighted by atomic mass is 79.9. The molecule has 142 valence electrons. The number of rotatable bonds is 6. The summed E-state index contributed by atoms with van der Waals surface area (Å²) in [6.07, 6.45) is 1.89. The Balaban J connectivity index is 1.76. The molecule has 0 amide bonds. The Labute approximate surface area is 168 Å². The van der Waals surface area contributed by atoms with E-state index in [-0.39, 0.29) is 28.0 Å². The lowest BCUT2D eigenvalue weighted by Gasteiger charge is -2.12. The van der Waals surface area contributed by atoms with Crippen molar-refractivity contribution in [3.05, 3.63) is 97.9 Å². The number of aromatic nitrogens is 1. The van der Waals surface area contributed by atoms with E-state index in [2.05, 4.69) is 22.0 Å². The van der Waals surface area contributed by atoms with Crippen LogP contribution in [0, 0.1) is 23.0 Å². The smallest absolute Gasteiger partial charge is 0.268 e. The van der Waals surface area contributed by atoms with Gasteiger partial charge in [0.05, 0.1) is 19.0 Å². The van der Waals surface area contributed by atoms with Gasteiger partial charge in [-0.2, -0.15) is 5.26 Å². The predicted molar refractivity (Wildman–Crippen MR) is 104 cm³/mol. The molecule has 2 aromatic carbocycles. The van der Waals surface area contributed by atoms with Crippen LogP contribution in [0.3, 0.4) is 0 Å². The van der Waals surface area contributed by atoms with Crippen LogP contribution in [0.25, 0.3) is 0 Å². The van der Waals surface area contributed by atoms with E-state index < -0.39 is 11.6 Å². The molecule has 28 heavy (non-hydrogen) atoms. The van der Waals surface area contributed by atoms with Gasteiger partial charge in [-0.25, -0.2) is 8.78 Å². The van der Waals surface area contributed by atoms with Crippen molar-refractivity contribution in [1.29, 1.82) is 5.26 Å². The van der Waals surface area contributed by atoms with Gasteiger partial charge in [-0.15, -0.1) is 0 Å². The second kappa shape index (κ2) is 8.81. The second-order valence-electron chi connectivity index (χ2n) is 6.11. The van der Waals surface area contributed by atoms with Gasteiger partial charge in [0.25, 0.3) is 5.56 Å². The summed E-state index contributed by atoms with van der Waals surface area (Å²) in [4.78, 5) is 12.6. The molecule has 0 aliphatic heterocycles. The second-order valence-corrected chi connectivity index (χ2v) is 6.90. The molecule has 0 aliphatic carbocycles. The Bertz CT molecular complexity index is 1110. The summed E-state index contributed by atoms with van der Waals surface area (Å²) < 4.78 is 33.9. The fourth-order valence-electron chi connectivity index (χ4n) is 2.69. The van der Waals surface area contributed by atoms with Crippen molar-refractivity contribution in [2.45, 2.75) is 19.6 Å². The SMILES string of the molecule is N#CCc1cccc(Cn2ccc(OCc3ccc(F)cc3F)c(Br)c2=O)c1. The first-order chi connectivity index (χ1) is 13.5. The van der Waals surface area contributed by atoms with E-state index in [1.807, 2.05) is 24.3 Å². The van der Waals surface area contributed by atoms with Gasteiger partial charge in [0, 0.05) is 17.8 Å². The first-order valence-corrected chi connectivity index (χ1v) is 9.17. The van der Waals surface area contributed by atoms with Crippen LogP contribution in [0.2, 0.25) is 0 Å². The quantitative estimate of drug-likeness (QED) is 0.558. The minimum Gasteiger partial charge on any atom is -0.487 e. The zero-order valence-electron chi connectivity index (χ0n) is 14.7. The zero-order valence-corrected chi connectivity index (χ0v) is 16.2. The number of pyridine rings is 1. The minimum absolute atomic E-state index is 0.135. The highest BCUT2D eigenvalue weighted by Crippen LogP contribution is 2.22. The molecule has 1 heterocycles. The first-order valence-electron chi connectivity index (χ1n) is 8.38. The molecule has 0 spiro atoms. The number of hydrogen-bond acceptors (Lipinski definition) is 3. The van der Waals surface area contributed by atoms with Crippen molar-refractivity contribution in [2.24, 2.45) is 0 Å². The molecular weight excluding hydrogens is 430 g/mol. The number of hydrogen-bond donors (Lipinski definition) is 0. The van der Waals surface area contributed by atoms with E-state index in [0.717, 1.165) is 23.3 Å². The lowest BCUT2D eigenvalue weighted by atomic mass is 10.1. The van der Waals surface area contributed by atoms with Crippen LogP contribution in [-0.2, 0) is 19.6 Å². The Kier molecular flexibility index (Phi) is 6.22. The maximum absolute atomic E-state index is 13.7. The van der Waals surface area contributed by atoms with Crippen molar-refractivity contribution in [1.82, 2.24) is 4.57 Å². The molecule has 0 saturated carbocycles. The molecule has 0 bridgehead atoms. The summed E-state index contributed by atoms with van der Waals surface area (Å²) in [5.74, 6) is -1.10. The Morgan fingerprint density at radius 2 is 1.89 bits per heavy atom. The molecule has 3 rings (SSSR count). The lowest BCUT2D eigenvalue weighted by Crippen LogP contribution is -2.21. The highest BCUT2D eigenvalue weighted by Gasteiger charge is 2.11. The highest BCUT2D eigenvalue weighted by molar-refractivity contribution is 9.10. The first kappa shape index (κ1) is 19.8. The third-order valence-electron chi connectivity index (χ3n) is 4.10. The van der Waals surface area contributed by atoms with E-state index in [9.17, 15) is 13.6 Å². The number of nitriles is 1. The molecule has 4 nitrogen and oxygen atoms in total. The van der Waals surface area contributed by atoms with Gasteiger partial charge in [-0.3, -0.25) is 4.79 Å². The number of ether oxygens (including phenoxy) is 1. The molecular formula is C21H15BrF2N2O2. The Hall–Kier alpha value is -2.98. The Morgan fingerprint density at radius 1 is 1.11 bits per heavy atom. The average molecular weight is 445 g/mol. The number of halogens is 3. The topological polar surface area (TPSA) is 55.0 Å². The largest absolute Gasteiger partial charge is 0.487 e. The lowest BCUT2D eigenvalue weighted by molar-refractivity contribution is 0.296. The summed E-state index contributed by atoms with van der Waals surface area (Å²) in [6, 6.07) is 14.4. The summed E-state index contributed by atoms with van der Waals surface area (Å²) in [7, 11) is 0. The van der Waals surface area contributed by atoms with Crippen molar-refractivity contribution in [3.63, 3.8) is 0 Å². The number of benzene rings is 2. The molecule has 0 unspecified atom stereocenters. The van der Waals surface area contributed by atoms with Crippen LogP contribution in [0.1, 0.15) is 16.7 Å². The van der Waals surface area contributed by atoms with Crippen molar-refractivity contribution < 1.29 is 13.5 Å². The van der Waals surface area contributed by atoms with Crippen molar-refractivity contribution in [3.8, 4) is 11.8 Å². The molecule has 3 aromatic rings. The zero-order chi connectivity index (χ0) is 20.1. The maximum atomic E-state index is 13.7. The van der Waals surface area contributed by atoms with E-state index in [1.54, 1.807) is 12.3 Å². The molecule has 0 aliphatic rings. The minimum atomic E-state index is -0.707. The van der Waals surface area contributed by atoms with Crippen molar-refractivity contribution in [2.75, 3.05) is 0 Å². The van der Waals surface area contributed by atoms with Crippen LogP contribution in [0.4, 0.5) is 8.78 Å². The van der Waals surface area contributed by atoms with Crippen LogP contribution >= 0.6 is 15.9 Å². The molecule has 7 heteroatoms.